The lowest BCUT2D eigenvalue weighted by Gasteiger charge is -2.35. The lowest BCUT2D eigenvalue weighted by molar-refractivity contribution is -0.0478. The second-order valence-electron chi connectivity index (χ2n) is 5.51. The summed E-state index contributed by atoms with van der Waals surface area (Å²) in [7, 11) is 3.43. The standard InChI is InChI=1S/C16H24O3/c1-18-14-5-3-13(4-6-14)7-10-16(17)11-8-15(19-2)9-12-16/h3-6,15,17H,7-12H2,1-2H3. The Morgan fingerprint density at radius 3 is 2.32 bits per heavy atom. The number of ether oxygens (including phenoxy) is 2. The summed E-state index contributed by atoms with van der Waals surface area (Å²) in [6, 6.07) is 8.09. The van der Waals surface area contributed by atoms with Crippen LogP contribution >= 0.6 is 0 Å². The summed E-state index contributed by atoms with van der Waals surface area (Å²) in [5.74, 6) is 0.878. The summed E-state index contributed by atoms with van der Waals surface area (Å²) < 4.78 is 10.5. The van der Waals surface area contributed by atoms with E-state index in [0.717, 1.165) is 44.3 Å². The van der Waals surface area contributed by atoms with E-state index in [2.05, 4.69) is 12.1 Å². The normalized spacial score (nSPS) is 27.2. The maximum Gasteiger partial charge on any atom is 0.118 e. The fraction of sp³-hybridized carbons (Fsp3) is 0.625. The molecule has 0 spiro atoms. The molecule has 0 saturated heterocycles. The van der Waals surface area contributed by atoms with Gasteiger partial charge >= 0.3 is 0 Å². The van der Waals surface area contributed by atoms with E-state index >= 15 is 0 Å². The van der Waals surface area contributed by atoms with E-state index in [1.807, 2.05) is 12.1 Å². The van der Waals surface area contributed by atoms with Crippen LogP contribution in [0.3, 0.4) is 0 Å². The monoisotopic (exact) mass is 264 g/mol. The van der Waals surface area contributed by atoms with Crippen molar-refractivity contribution in [3.8, 4) is 5.75 Å². The molecule has 0 heterocycles. The molecule has 1 aromatic carbocycles. The molecule has 1 N–H and O–H groups in total. The summed E-state index contributed by atoms with van der Waals surface area (Å²) in [5.41, 5.74) is 0.748. The van der Waals surface area contributed by atoms with Crippen LogP contribution in [0.5, 0.6) is 5.75 Å². The maximum atomic E-state index is 10.6. The van der Waals surface area contributed by atoms with Crippen LogP contribution in [0, 0.1) is 0 Å². The number of benzene rings is 1. The number of hydrogen-bond acceptors (Lipinski definition) is 3. The van der Waals surface area contributed by atoms with E-state index in [0.29, 0.717) is 6.10 Å². The Labute approximate surface area is 115 Å². The third-order valence-corrected chi connectivity index (χ3v) is 4.23. The Balaban J connectivity index is 1.84. The van der Waals surface area contributed by atoms with Gasteiger partial charge in [-0.2, -0.15) is 0 Å². The molecule has 19 heavy (non-hydrogen) atoms. The van der Waals surface area contributed by atoms with Gasteiger partial charge in [-0.3, -0.25) is 0 Å². The van der Waals surface area contributed by atoms with Gasteiger partial charge in [-0.05, 0) is 56.2 Å². The fourth-order valence-electron chi connectivity index (χ4n) is 2.78. The molecule has 106 valence electrons. The average Bonchev–Trinajstić information content (AvgIpc) is 2.47. The van der Waals surface area contributed by atoms with Crippen LogP contribution in [0.4, 0.5) is 0 Å². The number of aryl methyl sites for hydroxylation is 1. The number of methoxy groups -OCH3 is 2. The number of aliphatic hydroxyl groups is 1. The van der Waals surface area contributed by atoms with Gasteiger partial charge in [0, 0.05) is 7.11 Å². The first-order valence-corrected chi connectivity index (χ1v) is 7.03. The van der Waals surface area contributed by atoms with Gasteiger partial charge in [-0.15, -0.1) is 0 Å². The van der Waals surface area contributed by atoms with Gasteiger partial charge in [0.2, 0.25) is 0 Å². The topological polar surface area (TPSA) is 38.7 Å². The van der Waals surface area contributed by atoms with Crippen LogP contribution in [0.2, 0.25) is 0 Å². The van der Waals surface area contributed by atoms with E-state index in [4.69, 9.17) is 9.47 Å². The fourth-order valence-corrected chi connectivity index (χ4v) is 2.78. The molecule has 3 nitrogen and oxygen atoms in total. The van der Waals surface area contributed by atoms with Gasteiger partial charge in [-0.1, -0.05) is 12.1 Å². The van der Waals surface area contributed by atoms with Gasteiger partial charge in [0.15, 0.2) is 0 Å². The molecule has 2 rings (SSSR count). The summed E-state index contributed by atoms with van der Waals surface area (Å²) in [6.45, 7) is 0. The second-order valence-corrected chi connectivity index (χ2v) is 5.51. The van der Waals surface area contributed by atoms with E-state index < -0.39 is 5.60 Å². The predicted molar refractivity (Wildman–Crippen MR) is 75.5 cm³/mol. The highest BCUT2D eigenvalue weighted by atomic mass is 16.5. The Bertz CT molecular complexity index is 377. The van der Waals surface area contributed by atoms with Gasteiger partial charge < -0.3 is 14.6 Å². The van der Waals surface area contributed by atoms with Crippen molar-refractivity contribution in [3.05, 3.63) is 29.8 Å². The smallest absolute Gasteiger partial charge is 0.118 e. The Hall–Kier alpha value is -1.06. The highest BCUT2D eigenvalue weighted by Gasteiger charge is 2.32. The van der Waals surface area contributed by atoms with Crippen molar-refractivity contribution < 1.29 is 14.6 Å². The van der Waals surface area contributed by atoms with Crippen LogP contribution in [0.15, 0.2) is 24.3 Å². The zero-order valence-electron chi connectivity index (χ0n) is 11.9. The highest BCUT2D eigenvalue weighted by Crippen LogP contribution is 2.33. The zero-order chi connectivity index (χ0) is 13.7. The molecule has 1 aliphatic rings. The van der Waals surface area contributed by atoms with Gasteiger partial charge in [0.1, 0.15) is 5.75 Å². The third kappa shape index (κ3) is 3.95. The minimum atomic E-state index is -0.505. The van der Waals surface area contributed by atoms with E-state index in [9.17, 15) is 5.11 Å². The molecule has 0 amide bonds. The number of rotatable bonds is 5. The predicted octanol–water partition coefficient (Wildman–Crippen LogP) is 2.95. The van der Waals surface area contributed by atoms with Gasteiger partial charge in [-0.25, -0.2) is 0 Å². The van der Waals surface area contributed by atoms with E-state index in [-0.39, 0.29) is 0 Å². The van der Waals surface area contributed by atoms with Crippen molar-refractivity contribution in [2.45, 2.75) is 50.2 Å². The largest absolute Gasteiger partial charge is 0.497 e. The van der Waals surface area contributed by atoms with Crippen molar-refractivity contribution in [1.29, 1.82) is 0 Å². The molecule has 1 fully saturated rings. The van der Waals surface area contributed by atoms with Crippen LogP contribution in [-0.4, -0.2) is 31.0 Å². The Morgan fingerprint density at radius 2 is 1.79 bits per heavy atom. The molecule has 0 aliphatic heterocycles. The van der Waals surface area contributed by atoms with Crippen molar-refractivity contribution in [3.63, 3.8) is 0 Å². The van der Waals surface area contributed by atoms with Crippen molar-refractivity contribution in [2.75, 3.05) is 14.2 Å². The minimum Gasteiger partial charge on any atom is -0.497 e. The Kier molecular flexibility index (Phi) is 4.83. The van der Waals surface area contributed by atoms with Crippen LogP contribution in [0.25, 0.3) is 0 Å². The highest BCUT2D eigenvalue weighted by molar-refractivity contribution is 5.27. The van der Waals surface area contributed by atoms with E-state index in [1.165, 1.54) is 5.56 Å². The molecular weight excluding hydrogens is 240 g/mol. The van der Waals surface area contributed by atoms with Crippen LogP contribution in [0.1, 0.15) is 37.7 Å². The molecular formula is C16H24O3. The molecule has 0 bridgehead atoms. The molecule has 0 unspecified atom stereocenters. The zero-order valence-corrected chi connectivity index (χ0v) is 11.9. The summed E-state index contributed by atoms with van der Waals surface area (Å²) in [5, 5.41) is 10.6. The maximum absolute atomic E-state index is 10.6. The molecule has 1 aromatic rings. The first-order valence-electron chi connectivity index (χ1n) is 7.03. The Morgan fingerprint density at radius 1 is 1.16 bits per heavy atom. The molecule has 0 aromatic heterocycles. The summed E-state index contributed by atoms with van der Waals surface area (Å²) >= 11 is 0. The average molecular weight is 264 g/mol. The lowest BCUT2D eigenvalue weighted by Crippen LogP contribution is -2.36. The van der Waals surface area contributed by atoms with Gasteiger partial charge in [0.05, 0.1) is 18.8 Å². The van der Waals surface area contributed by atoms with Crippen molar-refractivity contribution in [1.82, 2.24) is 0 Å². The van der Waals surface area contributed by atoms with Crippen LogP contribution in [-0.2, 0) is 11.2 Å². The summed E-state index contributed by atoms with van der Waals surface area (Å²) in [4.78, 5) is 0. The van der Waals surface area contributed by atoms with Crippen molar-refractivity contribution >= 4 is 0 Å². The third-order valence-electron chi connectivity index (χ3n) is 4.23. The van der Waals surface area contributed by atoms with E-state index in [1.54, 1.807) is 14.2 Å². The minimum absolute atomic E-state index is 0.335. The first-order chi connectivity index (χ1) is 9.15. The van der Waals surface area contributed by atoms with Crippen LogP contribution < -0.4 is 4.74 Å². The van der Waals surface area contributed by atoms with Crippen molar-refractivity contribution in [2.24, 2.45) is 0 Å². The molecule has 0 atom stereocenters. The molecule has 0 radical (unpaired) electrons. The molecule has 1 aliphatic carbocycles. The first kappa shape index (κ1) is 14.4. The molecule has 1 saturated carbocycles. The number of hydrogen-bond donors (Lipinski definition) is 1. The SMILES string of the molecule is COc1ccc(CCC2(O)CCC(OC)CC2)cc1. The lowest BCUT2D eigenvalue weighted by atomic mass is 9.79. The second kappa shape index (κ2) is 6.40. The quantitative estimate of drug-likeness (QED) is 0.888. The molecule has 3 heteroatoms. The van der Waals surface area contributed by atoms with Gasteiger partial charge in [0.25, 0.3) is 0 Å². The summed E-state index contributed by atoms with van der Waals surface area (Å²) in [6.07, 6.45) is 5.71.